The Morgan fingerprint density at radius 3 is 2.63 bits per heavy atom. The molecule has 0 spiro atoms. The minimum atomic E-state index is -4.41. The van der Waals surface area contributed by atoms with Gasteiger partial charge in [0.1, 0.15) is 4.90 Å². The highest BCUT2D eigenvalue weighted by molar-refractivity contribution is 7.89. The van der Waals surface area contributed by atoms with Crippen LogP contribution in [0.2, 0.25) is 0 Å². The third kappa shape index (κ3) is 4.48. The lowest BCUT2D eigenvalue weighted by atomic mass is 10.4. The fraction of sp³-hybridized carbons (Fsp3) is 0.667. The Bertz CT molecular complexity index is 512. The zero-order chi connectivity index (χ0) is 14.7. The van der Waals surface area contributed by atoms with Crippen molar-refractivity contribution in [1.82, 2.24) is 14.1 Å². The van der Waals surface area contributed by atoms with E-state index >= 15 is 0 Å². The molecule has 19 heavy (non-hydrogen) atoms. The zero-order valence-corrected chi connectivity index (χ0v) is 10.9. The van der Waals surface area contributed by atoms with E-state index in [1.807, 2.05) is 0 Å². The number of nitrogens with zero attached hydrogens (tertiary/aromatic N) is 3. The van der Waals surface area contributed by atoms with Crippen molar-refractivity contribution in [1.29, 1.82) is 0 Å². The monoisotopic (exact) mass is 301 g/mol. The number of aromatic nitrogens is 2. The Balaban J connectivity index is 2.78. The predicted octanol–water partition coefficient (Wildman–Crippen LogP) is 0.448. The van der Waals surface area contributed by atoms with Crippen LogP contribution in [0.15, 0.2) is 17.3 Å². The molecule has 0 atom stereocenters. The van der Waals surface area contributed by atoms with Gasteiger partial charge in [-0.1, -0.05) is 0 Å². The van der Waals surface area contributed by atoms with Crippen molar-refractivity contribution in [3.8, 4) is 0 Å². The van der Waals surface area contributed by atoms with E-state index in [1.165, 1.54) is 4.68 Å². The zero-order valence-electron chi connectivity index (χ0n) is 10.1. The number of halogens is 3. The summed E-state index contributed by atoms with van der Waals surface area (Å²) in [6, 6.07) is 0. The summed E-state index contributed by atoms with van der Waals surface area (Å²) < 4.78 is 61.8. The highest BCUT2D eigenvalue weighted by atomic mass is 32.2. The van der Waals surface area contributed by atoms with Gasteiger partial charge in [-0.25, -0.2) is 12.7 Å². The average Bonchev–Trinajstić information content (AvgIpc) is 2.74. The summed E-state index contributed by atoms with van der Waals surface area (Å²) in [5.41, 5.74) is 0. The van der Waals surface area contributed by atoms with Gasteiger partial charge in [-0.05, 0) is 0 Å². The predicted molar refractivity (Wildman–Crippen MR) is 59.8 cm³/mol. The van der Waals surface area contributed by atoms with E-state index in [2.05, 4.69) is 5.10 Å². The van der Waals surface area contributed by atoms with Gasteiger partial charge < -0.3 is 5.11 Å². The molecule has 0 amide bonds. The van der Waals surface area contributed by atoms with E-state index < -0.39 is 29.2 Å². The normalized spacial score (nSPS) is 13.2. The van der Waals surface area contributed by atoms with Gasteiger partial charge >= 0.3 is 6.18 Å². The molecule has 0 aliphatic carbocycles. The second-order valence-electron chi connectivity index (χ2n) is 3.85. The molecule has 0 radical (unpaired) electrons. The Labute approximate surface area is 108 Å². The first-order valence-corrected chi connectivity index (χ1v) is 6.77. The molecule has 1 rings (SSSR count). The number of aliphatic hydroxyl groups is 1. The van der Waals surface area contributed by atoms with Crippen molar-refractivity contribution >= 4 is 10.0 Å². The highest BCUT2D eigenvalue weighted by Gasteiger charge is 2.30. The van der Waals surface area contributed by atoms with Gasteiger partial charge in [-0.3, -0.25) is 4.68 Å². The SMILES string of the molecule is CN(CCC(F)(F)F)S(=O)(=O)c1cnn(CCO)c1. The first-order valence-electron chi connectivity index (χ1n) is 5.33. The third-order valence-corrected chi connectivity index (χ3v) is 4.17. The number of aliphatic hydroxyl groups excluding tert-OH is 1. The number of rotatable bonds is 6. The molecule has 1 aromatic heterocycles. The molecule has 0 bridgehead atoms. The number of hydrogen-bond acceptors (Lipinski definition) is 4. The number of alkyl halides is 3. The van der Waals surface area contributed by atoms with Gasteiger partial charge in [0.25, 0.3) is 0 Å². The lowest BCUT2D eigenvalue weighted by Crippen LogP contribution is -2.30. The summed E-state index contributed by atoms with van der Waals surface area (Å²) in [6.45, 7) is -0.760. The topological polar surface area (TPSA) is 75.4 Å². The second-order valence-corrected chi connectivity index (χ2v) is 5.90. The Kier molecular flexibility index (Phi) is 4.93. The van der Waals surface area contributed by atoms with Crippen LogP contribution in [0, 0.1) is 0 Å². The molecule has 1 aromatic rings. The molecule has 0 aromatic carbocycles. The molecule has 6 nitrogen and oxygen atoms in total. The molecule has 110 valence electrons. The maximum absolute atomic E-state index is 12.0. The number of hydrogen-bond donors (Lipinski definition) is 1. The Morgan fingerprint density at radius 1 is 1.47 bits per heavy atom. The van der Waals surface area contributed by atoms with Crippen molar-refractivity contribution in [2.24, 2.45) is 0 Å². The van der Waals surface area contributed by atoms with Gasteiger partial charge in [0.15, 0.2) is 0 Å². The van der Waals surface area contributed by atoms with Crippen LogP contribution in [0.25, 0.3) is 0 Å². The van der Waals surface area contributed by atoms with Crippen LogP contribution in [0.1, 0.15) is 6.42 Å². The van der Waals surface area contributed by atoms with E-state index in [4.69, 9.17) is 5.11 Å². The molecule has 0 saturated heterocycles. The molecule has 0 saturated carbocycles. The minimum absolute atomic E-state index is 0.113. The fourth-order valence-corrected chi connectivity index (χ4v) is 2.41. The molecule has 1 N–H and O–H groups in total. The Morgan fingerprint density at radius 2 is 2.11 bits per heavy atom. The van der Waals surface area contributed by atoms with Crippen LogP contribution in [0.4, 0.5) is 13.2 Å². The third-order valence-electron chi connectivity index (χ3n) is 2.36. The van der Waals surface area contributed by atoms with E-state index in [0.29, 0.717) is 4.31 Å². The van der Waals surface area contributed by atoms with E-state index in [-0.39, 0.29) is 18.0 Å². The molecule has 0 unspecified atom stereocenters. The smallest absolute Gasteiger partial charge is 0.390 e. The van der Waals surface area contributed by atoms with Crippen molar-refractivity contribution in [3.63, 3.8) is 0 Å². The van der Waals surface area contributed by atoms with Crippen molar-refractivity contribution in [2.75, 3.05) is 20.2 Å². The van der Waals surface area contributed by atoms with Gasteiger partial charge in [0.05, 0.1) is 25.8 Å². The van der Waals surface area contributed by atoms with Crippen molar-refractivity contribution < 1.29 is 26.7 Å². The maximum Gasteiger partial charge on any atom is 0.390 e. The molecule has 0 fully saturated rings. The molecule has 0 aliphatic heterocycles. The molecule has 10 heteroatoms. The lowest BCUT2D eigenvalue weighted by Gasteiger charge is -2.16. The van der Waals surface area contributed by atoms with Gasteiger partial charge in [0, 0.05) is 19.8 Å². The molecular weight excluding hydrogens is 287 g/mol. The first-order chi connectivity index (χ1) is 8.66. The molecular formula is C9H14F3N3O3S. The highest BCUT2D eigenvalue weighted by Crippen LogP contribution is 2.21. The largest absolute Gasteiger partial charge is 0.394 e. The lowest BCUT2D eigenvalue weighted by molar-refractivity contribution is -0.135. The number of sulfonamides is 1. The van der Waals surface area contributed by atoms with E-state index in [0.717, 1.165) is 19.4 Å². The summed E-state index contributed by atoms with van der Waals surface area (Å²) in [7, 11) is -2.92. The van der Waals surface area contributed by atoms with Crippen LogP contribution in [0.3, 0.4) is 0 Å². The minimum Gasteiger partial charge on any atom is -0.394 e. The summed E-state index contributed by atoms with van der Waals surface area (Å²) >= 11 is 0. The van der Waals surface area contributed by atoms with Gasteiger partial charge in [-0.15, -0.1) is 0 Å². The Hall–Kier alpha value is -1.13. The molecule has 0 aliphatic rings. The van der Waals surface area contributed by atoms with Crippen LogP contribution < -0.4 is 0 Å². The van der Waals surface area contributed by atoms with Crippen molar-refractivity contribution in [3.05, 3.63) is 12.4 Å². The van der Waals surface area contributed by atoms with Crippen LogP contribution in [0.5, 0.6) is 0 Å². The van der Waals surface area contributed by atoms with Crippen LogP contribution in [-0.2, 0) is 16.6 Å². The summed E-state index contributed by atoms with van der Waals surface area (Å²) in [6.07, 6.45) is -3.43. The standard InChI is InChI=1S/C9H14F3N3O3S/c1-14(3-2-9(10,11)12)19(17,18)8-6-13-15(7-8)4-5-16/h6-7,16H,2-5H2,1H3. The van der Waals surface area contributed by atoms with Crippen LogP contribution in [-0.4, -0.2) is 54.0 Å². The van der Waals surface area contributed by atoms with Crippen molar-refractivity contribution in [2.45, 2.75) is 24.0 Å². The molecule has 1 heterocycles. The first kappa shape index (κ1) is 15.9. The van der Waals surface area contributed by atoms with E-state index in [9.17, 15) is 21.6 Å². The quantitative estimate of drug-likeness (QED) is 0.827. The average molecular weight is 301 g/mol. The van der Waals surface area contributed by atoms with Crippen LogP contribution >= 0.6 is 0 Å². The summed E-state index contributed by atoms with van der Waals surface area (Å²) in [4.78, 5) is -0.203. The van der Waals surface area contributed by atoms with Gasteiger partial charge in [-0.2, -0.15) is 18.3 Å². The summed E-state index contributed by atoms with van der Waals surface area (Å²) in [5.74, 6) is 0. The maximum atomic E-state index is 12.0. The summed E-state index contributed by atoms with van der Waals surface area (Å²) in [5, 5.41) is 12.4. The van der Waals surface area contributed by atoms with E-state index in [1.54, 1.807) is 0 Å². The second kappa shape index (κ2) is 5.88. The van der Waals surface area contributed by atoms with Gasteiger partial charge in [0.2, 0.25) is 10.0 Å². The fourth-order valence-electron chi connectivity index (χ4n) is 1.29.